The van der Waals surface area contributed by atoms with Gasteiger partial charge in [-0.05, 0) is 27.7 Å². The van der Waals surface area contributed by atoms with Crippen LogP contribution in [0, 0.1) is 0 Å². The first-order chi connectivity index (χ1) is 3.97. The zero-order valence-corrected chi connectivity index (χ0v) is 6.64. The summed E-state index contributed by atoms with van der Waals surface area (Å²) < 4.78 is 0. The quantitative estimate of drug-likeness (QED) is 0.311. The van der Waals surface area contributed by atoms with E-state index >= 15 is 0 Å². The predicted molar refractivity (Wildman–Crippen MR) is 39.3 cm³/mol. The monoisotopic (exact) mass is 132 g/mol. The molecule has 0 spiro atoms. The van der Waals surface area contributed by atoms with E-state index in [0.29, 0.717) is 0 Å². The molecule has 0 aliphatic carbocycles. The molecule has 0 amide bonds. The molecule has 0 radical (unpaired) electrons. The second-order valence-electron chi connectivity index (χ2n) is 2.61. The molecule has 0 atom stereocenters. The number of allylic oxidation sites excluding steroid dienone is 1. The second-order valence-corrected chi connectivity index (χ2v) is 2.61. The number of hydrogen-bond donors (Lipinski definition) is 1. The largest absolute Gasteiger partial charge is 0.251 e. The summed E-state index contributed by atoms with van der Waals surface area (Å²) >= 11 is 0. The molecular weight excluding hydrogens is 116 g/mol. The molecule has 0 aromatic rings. The normalized spacial score (nSPS) is 9.44. The van der Waals surface area contributed by atoms with Crippen LogP contribution in [-0.2, 0) is 4.89 Å². The molecule has 2 nitrogen and oxygen atoms in total. The molecule has 2 heteroatoms. The Morgan fingerprint density at radius 3 is 1.56 bits per heavy atom. The average molecular weight is 132 g/mol. The maximum Gasteiger partial charge on any atom is 0.0949 e. The molecule has 0 heterocycles. The van der Waals surface area contributed by atoms with Crippen molar-refractivity contribution in [2.45, 2.75) is 33.3 Å². The smallest absolute Gasteiger partial charge is 0.0949 e. The van der Waals surface area contributed by atoms with E-state index in [1.54, 1.807) is 26.8 Å². The van der Waals surface area contributed by atoms with E-state index < -0.39 is 5.60 Å². The van der Waals surface area contributed by atoms with Crippen LogP contribution in [0.4, 0.5) is 0 Å². The molecular formula is C7H16O2. The van der Waals surface area contributed by atoms with Gasteiger partial charge in [0.25, 0.3) is 0 Å². The van der Waals surface area contributed by atoms with Crippen LogP contribution in [0.15, 0.2) is 12.7 Å². The summed E-state index contributed by atoms with van der Waals surface area (Å²) in [5.41, 5.74) is -0.403. The zero-order valence-electron chi connectivity index (χ0n) is 6.64. The molecule has 0 aromatic heterocycles. The van der Waals surface area contributed by atoms with Crippen LogP contribution in [-0.4, -0.2) is 10.9 Å². The van der Waals surface area contributed by atoms with Gasteiger partial charge >= 0.3 is 0 Å². The van der Waals surface area contributed by atoms with E-state index in [2.05, 4.69) is 11.5 Å². The van der Waals surface area contributed by atoms with Crippen molar-refractivity contribution in [3.05, 3.63) is 12.7 Å². The molecule has 0 unspecified atom stereocenters. The third-order valence-electron chi connectivity index (χ3n) is 0.274. The zero-order chi connectivity index (χ0) is 7.91. The fourth-order valence-electron chi connectivity index (χ4n) is 0. The molecule has 1 N–H and O–H groups in total. The highest BCUT2D eigenvalue weighted by Crippen LogP contribution is 2.01. The van der Waals surface area contributed by atoms with E-state index in [0.717, 1.165) is 0 Å². The molecule has 0 rings (SSSR count). The maximum atomic E-state index is 7.90. The maximum absolute atomic E-state index is 7.90. The van der Waals surface area contributed by atoms with Crippen LogP contribution in [0.1, 0.15) is 27.7 Å². The molecule has 0 aromatic carbocycles. The van der Waals surface area contributed by atoms with Gasteiger partial charge in [0.05, 0.1) is 5.60 Å². The molecule has 0 aliphatic rings. The average Bonchev–Trinajstić information content (AvgIpc) is 1.67. The summed E-state index contributed by atoms with van der Waals surface area (Å²) in [4.78, 5) is 3.94. The van der Waals surface area contributed by atoms with E-state index in [4.69, 9.17) is 5.26 Å². The van der Waals surface area contributed by atoms with Crippen LogP contribution < -0.4 is 0 Å². The van der Waals surface area contributed by atoms with Gasteiger partial charge in [0.2, 0.25) is 0 Å². The van der Waals surface area contributed by atoms with Gasteiger partial charge in [0.1, 0.15) is 0 Å². The Balaban J connectivity index is 0. The predicted octanol–water partition coefficient (Wildman–Crippen LogP) is 2.47. The van der Waals surface area contributed by atoms with Crippen LogP contribution in [0.2, 0.25) is 0 Å². The van der Waals surface area contributed by atoms with Crippen LogP contribution in [0.3, 0.4) is 0 Å². The van der Waals surface area contributed by atoms with Gasteiger partial charge in [-0.25, -0.2) is 4.89 Å². The lowest BCUT2D eigenvalue weighted by molar-refractivity contribution is -0.306. The highest BCUT2D eigenvalue weighted by atomic mass is 17.1. The lowest BCUT2D eigenvalue weighted by atomic mass is 10.2. The third-order valence-corrected chi connectivity index (χ3v) is 0.274. The van der Waals surface area contributed by atoms with Crippen molar-refractivity contribution in [1.82, 2.24) is 0 Å². The summed E-state index contributed by atoms with van der Waals surface area (Å²) in [5.74, 6) is 0. The minimum atomic E-state index is -0.403. The van der Waals surface area contributed by atoms with Gasteiger partial charge in [-0.15, -0.1) is 6.58 Å². The lowest BCUT2D eigenvalue weighted by Gasteiger charge is -2.10. The van der Waals surface area contributed by atoms with Crippen LogP contribution in [0.25, 0.3) is 0 Å². The van der Waals surface area contributed by atoms with Gasteiger partial charge in [0.15, 0.2) is 0 Å². The highest BCUT2D eigenvalue weighted by molar-refractivity contribution is 4.53. The van der Waals surface area contributed by atoms with Crippen LogP contribution >= 0.6 is 0 Å². The first-order valence-corrected chi connectivity index (χ1v) is 2.87. The first-order valence-electron chi connectivity index (χ1n) is 2.87. The van der Waals surface area contributed by atoms with Crippen molar-refractivity contribution in [1.29, 1.82) is 0 Å². The Hall–Kier alpha value is -0.340. The molecule has 0 bridgehead atoms. The molecule has 0 saturated carbocycles. The summed E-state index contributed by atoms with van der Waals surface area (Å²) in [5, 5.41) is 7.90. The summed E-state index contributed by atoms with van der Waals surface area (Å²) in [6.07, 6.45) is 1.75. The summed E-state index contributed by atoms with van der Waals surface area (Å²) in [6.45, 7) is 10.6. The molecule has 56 valence electrons. The van der Waals surface area contributed by atoms with E-state index in [9.17, 15) is 0 Å². The lowest BCUT2D eigenvalue weighted by Crippen LogP contribution is -2.15. The van der Waals surface area contributed by atoms with Gasteiger partial charge in [-0.2, -0.15) is 0 Å². The Labute approximate surface area is 57.1 Å². The van der Waals surface area contributed by atoms with Crippen molar-refractivity contribution in [2.75, 3.05) is 0 Å². The SMILES string of the molecule is C=CC.CC(C)(C)OO. The van der Waals surface area contributed by atoms with Crippen molar-refractivity contribution in [2.24, 2.45) is 0 Å². The Bertz CT molecular complexity index is 61.8. The van der Waals surface area contributed by atoms with Crippen molar-refractivity contribution in [3.63, 3.8) is 0 Å². The van der Waals surface area contributed by atoms with Gasteiger partial charge in [0, 0.05) is 0 Å². The van der Waals surface area contributed by atoms with Crippen molar-refractivity contribution >= 4 is 0 Å². The fraction of sp³-hybridized carbons (Fsp3) is 0.714. The van der Waals surface area contributed by atoms with Crippen LogP contribution in [0.5, 0.6) is 0 Å². The first kappa shape index (κ1) is 11.5. The summed E-state index contributed by atoms with van der Waals surface area (Å²) in [6, 6.07) is 0. The van der Waals surface area contributed by atoms with E-state index in [1.807, 2.05) is 6.92 Å². The van der Waals surface area contributed by atoms with E-state index in [-0.39, 0.29) is 0 Å². The van der Waals surface area contributed by atoms with Gasteiger partial charge in [-0.1, -0.05) is 6.08 Å². The Kier molecular flexibility index (Phi) is 7.37. The minimum absolute atomic E-state index is 0.403. The Morgan fingerprint density at radius 1 is 1.44 bits per heavy atom. The standard InChI is InChI=1S/C4H10O2.C3H6/c1-4(2,3)6-5;1-3-2/h5H,1-3H3;3H,1H2,2H3. The highest BCUT2D eigenvalue weighted by Gasteiger charge is 2.06. The topological polar surface area (TPSA) is 29.5 Å². The minimum Gasteiger partial charge on any atom is -0.251 e. The molecule has 0 fully saturated rings. The van der Waals surface area contributed by atoms with Crippen molar-refractivity contribution in [3.8, 4) is 0 Å². The Morgan fingerprint density at radius 2 is 1.56 bits per heavy atom. The molecule has 9 heavy (non-hydrogen) atoms. The van der Waals surface area contributed by atoms with Crippen molar-refractivity contribution < 1.29 is 10.1 Å². The molecule has 0 aliphatic heterocycles. The second kappa shape index (κ2) is 5.79. The fourth-order valence-corrected chi connectivity index (χ4v) is 0. The third kappa shape index (κ3) is 34.7. The molecule has 0 saturated heterocycles. The number of hydrogen-bond acceptors (Lipinski definition) is 2. The van der Waals surface area contributed by atoms with E-state index in [1.165, 1.54) is 0 Å². The van der Waals surface area contributed by atoms with Gasteiger partial charge in [-0.3, -0.25) is 5.26 Å². The van der Waals surface area contributed by atoms with Gasteiger partial charge < -0.3 is 0 Å². The summed E-state index contributed by atoms with van der Waals surface area (Å²) in [7, 11) is 0. The number of rotatable bonds is 0.